The zero-order valence-electron chi connectivity index (χ0n) is 14.6. The first-order valence-electron chi connectivity index (χ1n) is 8.68. The molecule has 27 heavy (non-hydrogen) atoms. The van der Waals surface area contributed by atoms with Gasteiger partial charge >= 0.3 is 0 Å². The highest BCUT2D eigenvalue weighted by molar-refractivity contribution is 7.11. The van der Waals surface area contributed by atoms with Crippen molar-refractivity contribution in [2.24, 2.45) is 0 Å². The van der Waals surface area contributed by atoms with Crippen molar-refractivity contribution in [2.45, 2.75) is 12.3 Å². The molecule has 3 aromatic rings. The molecular weight excluding hydrogens is 360 g/mol. The molecule has 2 atom stereocenters. The molecule has 5 nitrogen and oxygen atoms in total. The number of fused-ring (bicyclic) bond motifs is 3. The smallest absolute Gasteiger partial charge is 0.199 e. The van der Waals surface area contributed by atoms with Crippen LogP contribution in [-0.2, 0) is 0 Å². The van der Waals surface area contributed by atoms with Crippen LogP contribution in [0.25, 0.3) is 5.70 Å². The third kappa shape index (κ3) is 2.65. The Balaban J connectivity index is 1.61. The van der Waals surface area contributed by atoms with E-state index in [1.165, 1.54) is 0 Å². The number of phenols is 1. The second-order valence-corrected chi connectivity index (χ2v) is 7.40. The number of para-hydroxylation sites is 1. The number of methoxy groups -OCH3 is 1. The maximum absolute atomic E-state index is 10.5. The first-order valence-corrected chi connectivity index (χ1v) is 9.56. The molecule has 6 heteroatoms. The summed E-state index contributed by atoms with van der Waals surface area (Å²) in [5, 5.41) is 14.6. The standard InChI is InChI=1S/C21H18N2O3S/c1-25-13-8-9-18(24)15(11-13)21-23-17(14-5-2-3-6-19(14)26-21)12-16(22-23)20-7-4-10-27-20/h2-12,17,21-22,24H,1H3. The van der Waals surface area contributed by atoms with Crippen molar-refractivity contribution in [1.29, 1.82) is 0 Å². The van der Waals surface area contributed by atoms with Crippen LogP contribution in [0.1, 0.15) is 28.3 Å². The number of hydrazine groups is 1. The van der Waals surface area contributed by atoms with Gasteiger partial charge in [0, 0.05) is 5.56 Å². The molecule has 0 bridgehead atoms. The van der Waals surface area contributed by atoms with Gasteiger partial charge in [0.2, 0.25) is 0 Å². The number of rotatable bonds is 3. The Kier molecular flexibility index (Phi) is 3.81. The van der Waals surface area contributed by atoms with Gasteiger partial charge in [0.15, 0.2) is 6.23 Å². The Labute approximate surface area is 161 Å². The average molecular weight is 378 g/mol. The van der Waals surface area contributed by atoms with Crippen LogP contribution < -0.4 is 14.9 Å². The summed E-state index contributed by atoms with van der Waals surface area (Å²) in [7, 11) is 1.61. The number of nitrogens with one attached hydrogen (secondary N) is 1. The lowest BCUT2D eigenvalue weighted by Gasteiger charge is -2.39. The summed E-state index contributed by atoms with van der Waals surface area (Å²) < 4.78 is 11.6. The quantitative estimate of drug-likeness (QED) is 0.705. The Morgan fingerprint density at radius 2 is 2.00 bits per heavy atom. The average Bonchev–Trinajstić information content (AvgIpc) is 3.37. The van der Waals surface area contributed by atoms with E-state index < -0.39 is 6.23 Å². The number of hydrogen-bond acceptors (Lipinski definition) is 6. The van der Waals surface area contributed by atoms with Gasteiger partial charge < -0.3 is 20.0 Å². The predicted octanol–water partition coefficient (Wildman–Crippen LogP) is 4.46. The third-order valence-corrected chi connectivity index (χ3v) is 5.79. The molecule has 0 fully saturated rings. The van der Waals surface area contributed by atoms with E-state index in [1.807, 2.05) is 35.3 Å². The molecule has 0 saturated heterocycles. The van der Waals surface area contributed by atoms with Crippen molar-refractivity contribution in [2.75, 3.05) is 7.11 Å². The molecule has 3 heterocycles. The maximum atomic E-state index is 10.5. The largest absolute Gasteiger partial charge is 0.507 e. The van der Waals surface area contributed by atoms with Crippen LogP contribution in [0, 0.1) is 0 Å². The zero-order valence-corrected chi connectivity index (χ0v) is 15.4. The van der Waals surface area contributed by atoms with Crippen molar-refractivity contribution < 1.29 is 14.6 Å². The molecule has 0 aliphatic carbocycles. The minimum atomic E-state index is -0.492. The van der Waals surface area contributed by atoms with E-state index in [0.29, 0.717) is 11.3 Å². The summed E-state index contributed by atoms with van der Waals surface area (Å²) in [5.74, 6) is 1.66. The number of thiophene rings is 1. The molecule has 0 radical (unpaired) electrons. The highest BCUT2D eigenvalue weighted by Crippen LogP contribution is 2.47. The topological polar surface area (TPSA) is 54.0 Å². The lowest BCUT2D eigenvalue weighted by Crippen LogP contribution is -2.43. The van der Waals surface area contributed by atoms with E-state index >= 15 is 0 Å². The van der Waals surface area contributed by atoms with E-state index in [2.05, 4.69) is 29.0 Å². The van der Waals surface area contributed by atoms with Crippen LogP contribution in [0.2, 0.25) is 0 Å². The van der Waals surface area contributed by atoms with E-state index in [-0.39, 0.29) is 11.8 Å². The summed E-state index contributed by atoms with van der Waals surface area (Å²) in [6.07, 6.45) is 1.71. The molecule has 2 aromatic carbocycles. The van der Waals surface area contributed by atoms with Crippen molar-refractivity contribution in [3.05, 3.63) is 82.1 Å². The second kappa shape index (κ2) is 6.33. The minimum Gasteiger partial charge on any atom is -0.507 e. The number of phenolic OH excluding ortho intramolecular Hbond substituents is 1. The number of benzene rings is 2. The molecule has 0 saturated carbocycles. The Morgan fingerprint density at radius 3 is 2.81 bits per heavy atom. The lowest BCUT2D eigenvalue weighted by atomic mass is 10.0. The molecular formula is C21H18N2O3S. The molecule has 0 amide bonds. The van der Waals surface area contributed by atoms with Gasteiger partial charge in [-0.15, -0.1) is 11.3 Å². The summed E-state index contributed by atoms with van der Waals surface area (Å²) >= 11 is 1.69. The molecule has 5 rings (SSSR count). The predicted molar refractivity (Wildman–Crippen MR) is 104 cm³/mol. The Hall–Kier alpha value is -2.96. The van der Waals surface area contributed by atoms with Gasteiger partial charge in [0.25, 0.3) is 0 Å². The van der Waals surface area contributed by atoms with Crippen molar-refractivity contribution in [3.8, 4) is 17.2 Å². The first kappa shape index (κ1) is 16.2. The van der Waals surface area contributed by atoms with Crippen LogP contribution >= 0.6 is 11.3 Å². The number of nitrogens with zero attached hydrogens (tertiary/aromatic N) is 1. The first-order chi connectivity index (χ1) is 13.2. The van der Waals surface area contributed by atoms with Crippen LogP contribution in [0.4, 0.5) is 0 Å². The van der Waals surface area contributed by atoms with Gasteiger partial charge in [-0.05, 0) is 41.8 Å². The van der Waals surface area contributed by atoms with Crippen LogP contribution in [-0.4, -0.2) is 17.2 Å². The third-order valence-electron chi connectivity index (χ3n) is 4.89. The Bertz CT molecular complexity index is 1020. The monoisotopic (exact) mass is 378 g/mol. The molecule has 2 unspecified atom stereocenters. The van der Waals surface area contributed by atoms with E-state index in [9.17, 15) is 5.11 Å². The molecule has 136 valence electrons. The van der Waals surface area contributed by atoms with Crippen LogP contribution in [0.15, 0.2) is 66.1 Å². The number of aromatic hydroxyl groups is 1. The fourth-order valence-corrected chi connectivity index (χ4v) is 4.28. The number of hydrogen-bond donors (Lipinski definition) is 2. The summed E-state index contributed by atoms with van der Waals surface area (Å²) in [6.45, 7) is 0. The summed E-state index contributed by atoms with van der Waals surface area (Å²) in [4.78, 5) is 1.16. The van der Waals surface area contributed by atoms with Gasteiger partial charge in [-0.25, -0.2) is 0 Å². The van der Waals surface area contributed by atoms with E-state index in [4.69, 9.17) is 9.47 Å². The highest BCUT2D eigenvalue weighted by Gasteiger charge is 2.41. The summed E-state index contributed by atoms with van der Waals surface area (Å²) in [6, 6.07) is 17.3. The second-order valence-electron chi connectivity index (χ2n) is 6.45. The van der Waals surface area contributed by atoms with Crippen molar-refractivity contribution in [1.82, 2.24) is 10.4 Å². The number of ether oxygens (including phenoxy) is 2. The van der Waals surface area contributed by atoms with Crippen LogP contribution in [0.5, 0.6) is 17.2 Å². The molecule has 2 aliphatic rings. The fourth-order valence-electron chi connectivity index (χ4n) is 3.58. The molecule has 0 spiro atoms. The summed E-state index contributed by atoms with van der Waals surface area (Å²) in [5.41, 5.74) is 6.27. The SMILES string of the molecule is COc1ccc(O)c(C2Oc3ccccc3C3C=C(c4cccs4)NN32)c1. The van der Waals surface area contributed by atoms with E-state index in [0.717, 1.165) is 21.9 Å². The van der Waals surface area contributed by atoms with Gasteiger partial charge in [-0.2, -0.15) is 5.01 Å². The molecule has 2 aliphatic heterocycles. The van der Waals surface area contributed by atoms with Crippen LogP contribution in [0.3, 0.4) is 0 Å². The maximum Gasteiger partial charge on any atom is 0.199 e. The van der Waals surface area contributed by atoms with Crippen molar-refractivity contribution >= 4 is 17.0 Å². The highest BCUT2D eigenvalue weighted by atomic mass is 32.1. The van der Waals surface area contributed by atoms with Gasteiger partial charge in [-0.3, -0.25) is 0 Å². The van der Waals surface area contributed by atoms with Gasteiger partial charge in [0.05, 0.1) is 29.3 Å². The van der Waals surface area contributed by atoms with Crippen molar-refractivity contribution in [3.63, 3.8) is 0 Å². The minimum absolute atomic E-state index is 0.00245. The normalized spacial score (nSPS) is 20.9. The van der Waals surface area contributed by atoms with Gasteiger partial charge in [0.1, 0.15) is 17.2 Å². The Morgan fingerprint density at radius 1 is 1.11 bits per heavy atom. The molecule has 2 N–H and O–H groups in total. The fraction of sp³-hybridized carbons (Fsp3) is 0.143. The van der Waals surface area contributed by atoms with E-state index in [1.54, 1.807) is 30.6 Å². The lowest BCUT2D eigenvalue weighted by molar-refractivity contribution is -0.0339. The zero-order chi connectivity index (χ0) is 18.4. The van der Waals surface area contributed by atoms with Gasteiger partial charge in [-0.1, -0.05) is 24.3 Å². The molecule has 1 aromatic heterocycles.